The summed E-state index contributed by atoms with van der Waals surface area (Å²) in [4.78, 5) is 16.5. The minimum atomic E-state index is 0.146. The summed E-state index contributed by atoms with van der Waals surface area (Å²) >= 11 is 1.26. The van der Waals surface area contributed by atoms with Gasteiger partial charge in [-0.1, -0.05) is 37.3 Å². The van der Waals surface area contributed by atoms with Gasteiger partial charge in [0.25, 0.3) is 0 Å². The molecule has 0 bridgehead atoms. The Balaban J connectivity index is 2.20. The van der Waals surface area contributed by atoms with Gasteiger partial charge in [0.1, 0.15) is 10.7 Å². The topological polar surface area (TPSA) is 39.3 Å². The fraction of sp³-hybridized carbons (Fsp3) is 0.200. The highest BCUT2D eigenvalue weighted by molar-refractivity contribution is 8.13. The molecule has 2 heterocycles. The lowest BCUT2D eigenvalue weighted by Gasteiger charge is -2.02. The molecule has 3 aromatic rings. The average Bonchev–Trinajstić information content (AvgIpc) is 3.01. The molecule has 0 saturated carbocycles. The highest BCUT2D eigenvalue weighted by atomic mass is 32.2. The van der Waals surface area contributed by atoms with Crippen molar-refractivity contribution < 1.29 is 4.79 Å². The van der Waals surface area contributed by atoms with Gasteiger partial charge in [0.2, 0.25) is 5.78 Å². The summed E-state index contributed by atoms with van der Waals surface area (Å²) in [6.45, 7) is 1.88. The van der Waals surface area contributed by atoms with Crippen molar-refractivity contribution in [1.82, 2.24) is 14.0 Å². The second kappa shape index (κ2) is 5.17. The lowest BCUT2D eigenvalue weighted by molar-refractivity contribution is -0.110. The number of thioether (sulfide) groups is 1. The number of imidazole rings is 2. The standard InChI is InChI=1S/C15H15N3OS/c1-3-12(19)20-14-13(11-7-5-4-6-8-11)16-15-17(2)9-10-18(14)15/h4-10H,3H2,1-2H3. The molecule has 0 fully saturated rings. The Morgan fingerprint density at radius 2 is 2.00 bits per heavy atom. The van der Waals surface area contributed by atoms with E-state index in [-0.39, 0.29) is 5.12 Å². The Morgan fingerprint density at radius 3 is 2.70 bits per heavy atom. The molecule has 0 spiro atoms. The van der Waals surface area contributed by atoms with Crippen molar-refractivity contribution in [3.05, 3.63) is 42.7 Å². The van der Waals surface area contributed by atoms with Gasteiger partial charge < -0.3 is 4.57 Å². The number of hydrogen-bond donors (Lipinski definition) is 0. The van der Waals surface area contributed by atoms with Gasteiger partial charge in [0.05, 0.1) is 0 Å². The predicted octanol–water partition coefficient (Wildman–Crippen LogP) is 3.37. The molecule has 0 radical (unpaired) electrons. The number of rotatable bonds is 3. The van der Waals surface area contributed by atoms with Crippen LogP contribution in [0.5, 0.6) is 0 Å². The third-order valence-electron chi connectivity index (χ3n) is 3.15. The quantitative estimate of drug-likeness (QED) is 0.693. The molecule has 3 rings (SSSR count). The molecule has 0 aliphatic heterocycles. The first-order chi connectivity index (χ1) is 9.70. The first-order valence-corrected chi connectivity index (χ1v) is 7.32. The van der Waals surface area contributed by atoms with Gasteiger partial charge in [-0.3, -0.25) is 9.20 Å². The lowest BCUT2D eigenvalue weighted by Crippen LogP contribution is -1.91. The Hall–Kier alpha value is -2.01. The summed E-state index contributed by atoms with van der Waals surface area (Å²) in [5.74, 6) is 0.843. The second-order valence-electron chi connectivity index (χ2n) is 4.54. The fourth-order valence-corrected chi connectivity index (χ4v) is 2.95. The second-order valence-corrected chi connectivity index (χ2v) is 5.58. The number of hydrogen-bond acceptors (Lipinski definition) is 3. The van der Waals surface area contributed by atoms with E-state index >= 15 is 0 Å². The summed E-state index contributed by atoms with van der Waals surface area (Å²) < 4.78 is 3.92. The zero-order chi connectivity index (χ0) is 14.1. The molecule has 0 N–H and O–H groups in total. The minimum absolute atomic E-state index is 0.146. The van der Waals surface area contributed by atoms with Crippen LogP contribution in [0.1, 0.15) is 13.3 Å². The number of aryl methyl sites for hydroxylation is 1. The third-order valence-corrected chi connectivity index (χ3v) is 4.25. The molecule has 0 saturated heterocycles. The Labute approximate surface area is 121 Å². The number of carbonyl (C=O) groups excluding carboxylic acids is 1. The smallest absolute Gasteiger partial charge is 0.215 e. The third kappa shape index (κ3) is 2.14. The molecule has 2 aromatic heterocycles. The van der Waals surface area contributed by atoms with Crippen LogP contribution in [0.15, 0.2) is 47.8 Å². The van der Waals surface area contributed by atoms with E-state index in [0.717, 1.165) is 22.1 Å². The van der Waals surface area contributed by atoms with Crippen LogP contribution in [-0.2, 0) is 11.8 Å². The maximum absolute atomic E-state index is 11.8. The van der Waals surface area contributed by atoms with Crippen molar-refractivity contribution in [3.8, 4) is 11.3 Å². The van der Waals surface area contributed by atoms with Crippen LogP contribution in [0.25, 0.3) is 17.0 Å². The van der Waals surface area contributed by atoms with E-state index in [2.05, 4.69) is 4.98 Å². The first kappa shape index (κ1) is 13.0. The molecular weight excluding hydrogens is 270 g/mol. The zero-order valence-electron chi connectivity index (χ0n) is 11.4. The van der Waals surface area contributed by atoms with Gasteiger partial charge in [-0.25, -0.2) is 4.98 Å². The summed E-state index contributed by atoms with van der Waals surface area (Å²) in [6.07, 6.45) is 4.40. The van der Waals surface area contributed by atoms with Crippen LogP contribution < -0.4 is 0 Å². The average molecular weight is 285 g/mol. The molecule has 0 aliphatic rings. The van der Waals surface area contributed by atoms with Crippen molar-refractivity contribution in [2.24, 2.45) is 7.05 Å². The lowest BCUT2D eigenvalue weighted by atomic mass is 10.2. The normalized spacial score (nSPS) is 11.1. The van der Waals surface area contributed by atoms with Crippen LogP contribution in [0, 0.1) is 0 Å². The Morgan fingerprint density at radius 1 is 1.25 bits per heavy atom. The van der Waals surface area contributed by atoms with Gasteiger partial charge in [-0.05, 0) is 11.8 Å². The van der Waals surface area contributed by atoms with Crippen molar-refractivity contribution in [1.29, 1.82) is 0 Å². The van der Waals surface area contributed by atoms with E-state index in [4.69, 9.17) is 0 Å². The van der Waals surface area contributed by atoms with Crippen molar-refractivity contribution in [2.75, 3.05) is 0 Å². The molecular formula is C15H15N3OS. The highest BCUT2D eigenvalue weighted by Crippen LogP contribution is 2.33. The SMILES string of the molecule is CCC(=O)Sc1c(-c2ccccc2)nc2n(C)ccn12. The Kier molecular flexibility index (Phi) is 3.36. The van der Waals surface area contributed by atoms with Gasteiger partial charge in [-0.15, -0.1) is 0 Å². The van der Waals surface area contributed by atoms with Gasteiger partial charge in [-0.2, -0.15) is 0 Å². The maximum Gasteiger partial charge on any atom is 0.215 e. The molecule has 0 aliphatic carbocycles. The van der Waals surface area contributed by atoms with Gasteiger partial charge in [0, 0.05) is 31.4 Å². The number of nitrogens with zero attached hydrogens (tertiary/aromatic N) is 3. The zero-order valence-corrected chi connectivity index (χ0v) is 12.2. The monoisotopic (exact) mass is 285 g/mol. The van der Waals surface area contributed by atoms with Crippen LogP contribution in [-0.4, -0.2) is 19.1 Å². The first-order valence-electron chi connectivity index (χ1n) is 6.50. The molecule has 5 heteroatoms. The molecule has 1 aromatic carbocycles. The summed E-state index contributed by atoms with van der Waals surface area (Å²) in [6, 6.07) is 9.97. The van der Waals surface area contributed by atoms with Gasteiger partial charge in [0.15, 0.2) is 5.12 Å². The summed E-state index contributed by atoms with van der Waals surface area (Å²) in [5.41, 5.74) is 1.89. The predicted molar refractivity (Wildman–Crippen MR) is 80.8 cm³/mol. The van der Waals surface area contributed by atoms with E-state index in [0.29, 0.717) is 6.42 Å². The largest absolute Gasteiger partial charge is 0.320 e. The van der Waals surface area contributed by atoms with E-state index in [9.17, 15) is 4.79 Å². The number of aromatic nitrogens is 3. The van der Waals surface area contributed by atoms with Gasteiger partial charge >= 0.3 is 0 Å². The number of benzene rings is 1. The van der Waals surface area contributed by atoms with E-state index in [1.54, 1.807) is 0 Å². The molecule has 4 nitrogen and oxygen atoms in total. The maximum atomic E-state index is 11.8. The number of carbonyl (C=O) groups is 1. The van der Waals surface area contributed by atoms with Crippen molar-refractivity contribution in [2.45, 2.75) is 18.4 Å². The van der Waals surface area contributed by atoms with Crippen molar-refractivity contribution in [3.63, 3.8) is 0 Å². The van der Waals surface area contributed by atoms with E-state index < -0.39 is 0 Å². The van der Waals surface area contributed by atoms with Crippen LogP contribution in [0.4, 0.5) is 0 Å². The summed E-state index contributed by atoms with van der Waals surface area (Å²) in [5, 5.41) is 1.03. The van der Waals surface area contributed by atoms with E-state index in [1.165, 1.54) is 11.8 Å². The molecule has 20 heavy (non-hydrogen) atoms. The van der Waals surface area contributed by atoms with Crippen molar-refractivity contribution >= 4 is 22.7 Å². The van der Waals surface area contributed by atoms with Crippen LogP contribution in [0.2, 0.25) is 0 Å². The van der Waals surface area contributed by atoms with E-state index in [1.807, 2.05) is 65.7 Å². The Bertz CT molecular complexity index is 758. The van der Waals surface area contributed by atoms with Crippen LogP contribution >= 0.6 is 11.8 Å². The number of fused-ring (bicyclic) bond motifs is 1. The minimum Gasteiger partial charge on any atom is -0.320 e. The van der Waals surface area contributed by atoms with Crippen LogP contribution in [0.3, 0.4) is 0 Å². The molecule has 0 atom stereocenters. The summed E-state index contributed by atoms with van der Waals surface area (Å²) in [7, 11) is 1.95. The molecule has 102 valence electrons. The molecule has 0 amide bonds. The molecule has 0 unspecified atom stereocenters. The fourth-order valence-electron chi connectivity index (χ4n) is 2.08. The highest BCUT2D eigenvalue weighted by Gasteiger charge is 2.18.